The number of halogens is 1. The Hall–Kier alpha value is -1.95. The summed E-state index contributed by atoms with van der Waals surface area (Å²) in [5.74, 6) is -0.312. The van der Waals surface area contributed by atoms with Crippen molar-refractivity contribution in [2.45, 2.75) is 0 Å². The van der Waals surface area contributed by atoms with Crippen LogP contribution in [0.5, 0.6) is 0 Å². The highest BCUT2D eigenvalue weighted by Gasteiger charge is 1.99. The highest BCUT2D eigenvalue weighted by atomic mass is 79.9. The minimum absolute atomic E-state index is 0.670. The molecule has 2 aromatic heterocycles. The summed E-state index contributed by atoms with van der Waals surface area (Å²) in [7, 11) is 0. The molecule has 0 amide bonds. The molecule has 0 atom stereocenters. The third-order valence-electron chi connectivity index (χ3n) is 1.97. The van der Waals surface area contributed by atoms with Gasteiger partial charge in [0.1, 0.15) is 0 Å². The first-order valence-electron chi connectivity index (χ1n) is 4.73. The second kappa shape index (κ2) is 4.92. The van der Waals surface area contributed by atoms with Crippen molar-refractivity contribution in [3.63, 3.8) is 0 Å². The Bertz CT molecular complexity index is 560. The van der Waals surface area contributed by atoms with Crippen LogP contribution in [-0.2, 0) is 4.79 Å². The predicted molar refractivity (Wildman–Crippen MR) is 65.7 cm³/mol. The molecule has 5 nitrogen and oxygen atoms in total. The van der Waals surface area contributed by atoms with E-state index < -0.39 is 5.97 Å². The standard InChI is InChI=1S/C11H8BrN3O2/c12-9-6-14-15(7-9)10-3-1-8(5-13-10)2-4-11(16)17/h1-7H,(H,16,17)/b4-2+. The summed E-state index contributed by atoms with van der Waals surface area (Å²) in [5, 5.41) is 12.6. The normalized spacial score (nSPS) is 10.9. The Kier molecular flexibility index (Phi) is 3.34. The van der Waals surface area contributed by atoms with Crippen molar-refractivity contribution in [2.24, 2.45) is 0 Å². The minimum atomic E-state index is -0.981. The molecule has 0 radical (unpaired) electrons. The summed E-state index contributed by atoms with van der Waals surface area (Å²) in [6.07, 6.45) is 7.60. The lowest BCUT2D eigenvalue weighted by Crippen LogP contribution is -1.97. The molecule has 17 heavy (non-hydrogen) atoms. The van der Waals surface area contributed by atoms with E-state index in [2.05, 4.69) is 26.0 Å². The molecule has 0 spiro atoms. The van der Waals surface area contributed by atoms with Crippen molar-refractivity contribution in [3.8, 4) is 5.82 Å². The van der Waals surface area contributed by atoms with Crippen molar-refractivity contribution in [2.75, 3.05) is 0 Å². The van der Waals surface area contributed by atoms with E-state index in [9.17, 15) is 4.79 Å². The highest BCUT2D eigenvalue weighted by molar-refractivity contribution is 9.10. The van der Waals surface area contributed by atoms with Gasteiger partial charge in [-0.05, 0) is 39.7 Å². The number of aromatic nitrogens is 3. The quantitative estimate of drug-likeness (QED) is 0.880. The molecule has 2 heterocycles. The summed E-state index contributed by atoms with van der Waals surface area (Å²) in [6, 6.07) is 3.54. The van der Waals surface area contributed by atoms with Crippen LogP contribution < -0.4 is 0 Å². The van der Waals surface area contributed by atoms with Gasteiger partial charge in [0.05, 0.1) is 10.7 Å². The van der Waals surface area contributed by atoms with Crippen molar-refractivity contribution >= 4 is 28.0 Å². The van der Waals surface area contributed by atoms with Gasteiger partial charge in [0.2, 0.25) is 0 Å². The maximum Gasteiger partial charge on any atom is 0.328 e. The Labute approximate surface area is 106 Å². The summed E-state index contributed by atoms with van der Waals surface area (Å²) in [5.41, 5.74) is 0.724. The number of rotatable bonds is 3. The van der Waals surface area contributed by atoms with Gasteiger partial charge in [-0.25, -0.2) is 14.5 Å². The topological polar surface area (TPSA) is 68.0 Å². The fraction of sp³-hybridized carbons (Fsp3) is 0. The number of aliphatic carboxylic acids is 1. The molecule has 6 heteroatoms. The minimum Gasteiger partial charge on any atom is -0.478 e. The Morgan fingerprint density at radius 1 is 1.41 bits per heavy atom. The molecule has 1 N–H and O–H groups in total. The third kappa shape index (κ3) is 3.01. The molecule has 0 bridgehead atoms. The first-order chi connectivity index (χ1) is 8.15. The zero-order valence-electron chi connectivity index (χ0n) is 8.62. The van der Waals surface area contributed by atoms with E-state index in [-0.39, 0.29) is 0 Å². The third-order valence-corrected chi connectivity index (χ3v) is 2.38. The van der Waals surface area contributed by atoms with Gasteiger partial charge in [0.25, 0.3) is 0 Å². The zero-order valence-corrected chi connectivity index (χ0v) is 10.2. The molecular formula is C11H8BrN3O2. The van der Waals surface area contributed by atoms with Gasteiger partial charge in [0.15, 0.2) is 5.82 Å². The van der Waals surface area contributed by atoms with Crippen molar-refractivity contribution < 1.29 is 9.90 Å². The van der Waals surface area contributed by atoms with Gasteiger partial charge < -0.3 is 5.11 Å². The molecule has 2 aromatic rings. The van der Waals surface area contributed by atoms with E-state index in [1.54, 1.807) is 35.4 Å². The Morgan fingerprint density at radius 2 is 2.24 bits per heavy atom. The Morgan fingerprint density at radius 3 is 2.76 bits per heavy atom. The van der Waals surface area contributed by atoms with Gasteiger partial charge in [-0.1, -0.05) is 0 Å². The molecule has 0 aliphatic heterocycles. The van der Waals surface area contributed by atoms with Crippen molar-refractivity contribution in [3.05, 3.63) is 46.8 Å². The maximum absolute atomic E-state index is 10.3. The number of carbonyl (C=O) groups is 1. The number of hydrogen-bond donors (Lipinski definition) is 1. The molecule has 2 rings (SSSR count). The average Bonchev–Trinajstić information content (AvgIpc) is 2.74. The van der Waals surface area contributed by atoms with E-state index in [4.69, 9.17) is 5.11 Å². The van der Waals surface area contributed by atoms with Crippen LogP contribution in [-0.4, -0.2) is 25.8 Å². The van der Waals surface area contributed by atoms with E-state index in [0.717, 1.165) is 16.1 Å². The van der Waals surface area contributed by atoms with Crippen LogP contribution in [0.15, 0.2) is 41.3 Å². The van der Waals surface area contributed by atoms with E-state index in [1.807, 2.05) is 0 Å². The summed E-state index contributed by atoms with van der Waals surface area (Å²) >= 11 is 3.30. The van der Waals surface area contributed by atoms with Crippen LogP contribution in [0.3, 0.4) is 0 Å². The fourth-order valence-corrected chi connectivity index (χ4v) is 1.51. The summed E-state index contributed by atoms with van der Waals surface area (Å²) in [4.78, 5) is 14.5. The van der Waals surface area contributed by atoms with Crippen molar-refractivity contribution in [1.82, 2.24) is 14.8 Å². The lowest BCUT2D eigenvalue weighted by molar-refractivity contribution is -0.131. The summed E-state index contributed by atoms with van der Waals surface area (Å²) < 4.78 is 2.49. The Balaban J connectivity index is 2.21. The van der Waals surface area contributed by atoms with E-state index in [0.29, 0.717) is 5.82 Å². The number of nitrogens with zero attached hydrogens (tertiary/aromatic N) is 3. The molecule has 0 aliphatic carbocycles. The lowest BCUT2D eigenvalue weighted by Gasteiger charge is -1.99. The van der Waals surface area contributed by atoms with Gasteiger partial charge in [-0.15, -0.1) is 0 Å². The number of carboxylic acids is 1. The van der Waals surface area contributed by atoms with Crippen LogP contribution in [0.4, 0.5) is 0 Å². The first-order valence-corrected chi connectivity index (χ1v) is 5.52. The van der Waals surface area contributed by atoms with Crippen LogP contribution in [0, 0.1) is 0 Å². The molecule has 86 valence electrons. The highest BCUT2D eigenvalue weighted by Crippen LogP contribution is 2.11. The second-order valence-corrected chi connectivity index (χ2v) is 4.14. The first kappa shape index (κ1) is 11.5. The molecule has 0 unspecified atom stereocenters. The second-order valence-electron chi connectivity index (χ2n) is 3.22. The largest absolute Gasteiger partial charge is 0.478 e. The number of carboxylic acid groups (broad SMARTS) is 1. The van der Waals surface area contributed by atoms with Gasteiger partial charge >= 0.3 is 5.97 Å². The zero-order chi connectivity index (χ0) is 12.3. The van der Waals surface area contributed by atoms with Crippen LogP contribution in [0.25, 0.3) is 11.9 Å². The predicted octanol–water partition coefficient (Wildman–Crippen LogP) is 2.13. The smallest absolute Gasteiger partial charge is 0.328 e. The van der Waals surface area contributed by atoms with Gasteiger partial charge in [0, 0.05) is 18.5 Å². The fourth-order valence-electron chi connectivity index (χ4n) is 1.23. The van der Waals surface area contributed by atoms with Gasteiger partial charge in [-0.3, -0.25) is 0 Å². The van der Waals surface area contributed by atoms with Crippen LogP contribution >= 0.6 is 15.9 Å². The summed E-state index contributed by atoms with van der Waals surface area (Å²) in [6.45, 7) is 0. The van der Waals surface area contributed by atoms with Crippen molar-refractivity contribution in [1.29, 1.82) is 0 Å². The van der Waals surface area contributed by atoms with Crippen LogP contribution in [0.2, 0.25) is 0 Å². The molecule has 0 saturated carbocycles. The molecule has 0 saturated heterocycles. The lowest BCUT2D eigenvalue weighted by atomic mass is 10.2. The molecule has 0 aromatic carbocycles. The van der Waals surface area contributed by atoms with Gasteiger partial charge in [-0.2, -0.15) is 5.10 Å². The number of hydrogen-bond acceptors (Lipinski definition) is 3. The molecule has 0 fully saturated rings. The van der Waals surface area contributed by atoms with Crippen LogP contribution in [0.1, 0.15) is 5.56 Å². The molecule has 0 aliphatic rings. The number of pyridine rings is 1. The SMILES string of the molecule is O=C(O)/C=C/c1ccc(-n2cc(Br)cn2)nc1. The van der Waals surface area contributed by atoms with E-state index >= 15 is 0 Å². The average molecular weight is 294 g/mol. The molecular weight excluding hydrogens is 286 g/mol. The maximum atomic E-state index is 10.3. The monoisotopic (exact) mass is 293 g/mol. The van der Waals surface area contributed by atoms with E-state index in [1.165, 1.54) is 6.08 Å².